The molecule has 5 heteroatoms. The van der Waals surface area contributed by atoms with Crippen molar-refractivity contribution in [1.82, 2.24) is 9.88 Å². The first-order valence-corrected chi connectivity index (χ1v) is 9.92. The molecular formula is C22H27N3O2. The van der Waals surface area contributed by atoms with Crippen LogP contribution in [0.5, 0.6) is 0 Å². The van der Waals surface area contributed by atoms with Crippen LogP contribution >= 0.6 is 0 Å². The van der Waals surface area contributed by atoms with Gasteiger partial charge in [-0.3, -0.25) is 9.78 Å². The summed E-state index contributed by atoms with van der Waals surface area (Å²) in [5, 5.41) is 10.4. The van der Waals surface area contributed by atoms with E-state index in [1.165, 1.54) is 24.9 Å². The molecule has 1 amide bonds. The molecule has 2 saturated heterocycles. The van der Waals surface area contributed by atoms with Crippen LogP contribution in [0, 0.1) is 5.92 Å². The minimum Gasteiger partial charge on any atom is -0.391 e. The molecule has 2 aliphatic heterocycles. The van der Waals surface area contributed by atoms with Crippen LogP contribution < -0.4 is 4.90 Å². The number of amides is 1. The van der Waals surface area contributed by atoms with E-state index in [4.69, 9.17) is 0 Å². The highest BCUT2D eigenvalue weighted by molar-refractivity contribution is 5.94. The van der Waals surface area contributed by atoms with Crippen molar-refractivity contribution >= 4 is 11.6 Å². The maximum Gasteiger partial charge on any atom is 0.253 e. The van der Waals surface area contributed by atoms with Crippen molar-refractivity contribution in [2.45, 2.75) is 31.8 Å². The van der Waals surface area contributed by atoms with Crippen LogP contribution in [0.2, 0.25) is 0 Å². The highest BCUT2D eigenvalue weighted by Crippen LogP contribution is 2.25. The fourth-order valence-corrected chi connectivity index (χ4v) is 4.19. The molecule has 0 radical (unpaired) electrons. The molecule has 5 nitrogen and oxygen atoms in total. The number of carbonyl (C=O) groups excluding carboxylic acids is 1. The van der Waals surface area contributed by atoms with Crippen LogP contribution in [0.3, 0.4) is 0 Å². The topological polar surface area (TPSA) is 56.7 Å². The third-order valence-electron chi connectivity index (χ3n) is 5.78. The number of pyridine rings is 1. The summed E-state index contributed by atoms with van der Waals surface area (Å²) in [5.74, 6) is 0.0837. The summed E-state index contributed by atoms with van der Waals surface area (Å²) < 4.78 is 0. The lowest BCUT2D eigenvalue weighted by Gasteiger charge is -2.29. The second-order valence-corrected chi connectivity index (χ2v) is 7.69. The summed E-state index contributed by atoms with van der Waals surface area (Å²) in [4.78, 5) is 21.1. The third kappa shape index (κ3) is 4.14. The Labute approximate surface area is 160 Å². The Balaban J connectivity index is 1.39. The van der Waals surface area contributed by atoms with E-state index in [0.29, 0.717) is 18.7 Å². The second-order valence-electron chi connectivity index (χ2n) is 7.69. The third-order valence-corrected chi connectivity index (χ3v) is 5.78. The smallest absolute Gasteiger partial charge is 0.253 e. The van der Waals surface area contributed by atoms with E-state index in [9.17, 15) is 9.90 Å². The quantitative estimate of drug-likeness (QED) is 0.905. The van der Waals surface area contributed by atoms with Gasteiger partial charge in [-0.2, -0.15) is 0 Å². The summed E-state index contributed by atoms with van der Waals surface area (Å²) in [6, 6.07) is 11.9. The number of carbonyl (C=O) groups is 1. The minimum absolute atomic E-state index is 0.0106. The van der Waals surface area contributed by atoms with Gasteiger partial charge in [-0.1, -0.05) is 0 Å². The molecule has 4 rings (SSSR count). The molecule has 3 heterocycles. The van der Waals surface area contributed by atoms with Gasteiger partial charge in [0, 0.05) is 55.7 Å². The van der Waals surface area contributed by atoms with Crippen molar-refractivity contribution in [2.24, 2.45) is 5.92 Å². The number of piperidine rings is 1. The van der Waals surface area contributed by atoms with Gasteiger partial charge in [0.05, 0.1) is 6.10 Å². The average Bonchev–Trinajstić information content (AvgIpc) is 3.09. The standard InChI is InChI=1S/C22H27N3O2/c26-21-16-25(15-19(21)14-17-8-10-23-11-9-17)22(27)18-4-6-20(7-5-18)24-12-2-1-3-13-24/h4-11,19,21,26H,1-3,12-16H2/t19-,21+/m1/s1. The number of benzene rings is 1. The SMILES string of the molecule is O=C(c1ccc(N2CCCCC2)cc1)N1C[C@@H](Cc2ccncc2)[C@@H](O)C1. The van der Waals surface area contributed by atoms with E-state index < -0.39 is 6.10 Å². The Morgan fingerprint density at radius 1 is 1.00 bits per heavy atom. The predicted octanol–water partition coefficient (Wildman–Crippen LogP) is 2.75. The lowest BCUT2D eigenvalue weighted by atomic mass is 9.97. The largest absolute Gasteiger partial charge is 0.391 e. The van der Waals surface area contributed by atoms with E-state index in [2.05, 4.69) is 22.0 Å². The van der Waals surface area contributed by atoms with Crippen LogP contribution in [0.4, 0.5) is 5.69 Å². The van der Waals surface area contributed by atoms with Crippen LogP contribution in [0.25, 0.3) is 0 Å². The number of aromatic nitrogens is 1. The van der Waals surface area contributed by atoms with Crippen molar-refractivity contribution in [3.8, 4) is 0 Å². The lowest BCUT2D eigenvalue weighted by molar-refractivity contribution is 0.0764. The van der Waals surface area contributed by atoms with E-state index in [1.54, 1.807) is 17.3 Å². The second kappa shape index (κ2) is 8.09. The molecule has 142 valence electrons. The lowest BCUT2D eigenvalue weighted by Crippen LogP contribution is -2.30. The molecule has 2 aliphatic rings. The van der Waals surface area contributed by atoms with Gasteiger partial charge in [-0.05, 0) is 67.6 Å². The van der Waals surface area contributed by atoms with Gasteiger partial charge in [0.25, 0.3) is 5.91 Å². The molecule has 1 N–H and O–H groups in total. The monoisotopic (exact) mass is 365 g/mol. The van der Waals surface area contributed by atoms with E-state index in [0.717, 1.165) is 25.1 Å². The number of anilines is 1. The zero-order valence-electron chi connectivity index (χ0n) is 15.6. The number of aliphatic hydroxyl groups excluding tert-OH is 1. The molecule has 1 aromatic carbocycles. The van der Waals surface area contributed by atoms with E-state index >= 15 is 0 Å². The molecule has 2 aromatic rings. The average molecular weight is 365 g/mol. The number of hydrogen-bond donors (Lipinski definition) is 1. The van der Waals surface area contributed by atoms with Gasteiger partial charge < -0.3 is 14.9 Å². The molecule has 0 aliphatic carbocycles. The van der Waals surface area contributed by atoms with E-state index in [1.807, 2.05) is 24.3 Å². The number of β-amino-alcohol motifs (C(OH)–C–C–N with tert-alkyl or cyclic N) is 1. The molecule has 27 heavy (non-hydrogen) atoms. The number of nitrogens with zero attached hydrogens (tertiary/aromatic N) is 3. The number of likely N-dealkylation sites (tertiary alicyclic amines) is 1. The maximum absolute atomic E-state index is 12.9. The van der Waals surface area contributed by atoms with Crippen LogP contribution in [0.15, 0.2) is 48.8 Å². The van der Waals surface area contributed by atoms with Crippen molar-refractivity contribution in [3.05, 3.63) is 59.9 Å². The number of aliphatic hydroxyl groups is 1. The Morgan fingerprint density at radius 3 is 2.41 bits per heavy atom. The molecule has 0 saturated carbocycles. The molecule has 2 atom stereocenters. The minimum atomic E-state index is -0.477. The zero-order valence-corrected chi connectivity index (χ0v) is 15.6. The summed E-state index contributed by atoms with van der Waals surface area (Å²) in [7, 11) is 0. The Hall–Kier alpha value is -2.40. The summed E-state index contributed by atoms with van der Waals surface area (Å²) in [6.45, 7) is 3.20. The molecule has 0 bridgehead atoms. The van der Waals surface area contributed by atoms with Crippen molar-refractivity contribution in [3.63, 3.8) is 0 Å². The summed E-state index contributed by atoms with van der Waals surface area (Å²) in [5.41, 5.74) is 3.05. The predicted molar refractivity (Wildman–Crippen MR) is 106 cm³/mol. The number of hydrogen-bond acceptors (Lipinski definition) is 4. The first kappa shape index (κ1) is 18.0. The van der Waals surface area contributed by atoms with Crippen molar-refractivity contribution in [2.75, 3.05) is 31.1 Å². The van der Waals surface area contributed by atoms with Gasteiger partial charge in [0.1, 0.15) is 0 Å². The van der Waals surface area contributed by atoms with Crippen LogP contribution in [-0.4, -0.2) is 53.2 Å². The normalized spacial score (nSPS) is 22.9. The van der Waals surface area contributed by atoms with Crippen LogP contribution in [-0.2, 0) is 6.42 Å². The highest BCUT2D eigenvalue weighted by Gasteiger charge is 2.34. The molecule has 1 aromatic heterocycles. The number of rotatable bonds is 4. The summed E-state index contributed by atoms with van der Waals surface area (Å²) >= 11 is 0. The zero-order chi connectivity index (χ0) is 18.6. The fourth-order valence-electron chi connectivity index (χ4n) is 4.19. The Morgan fingerprint density at radius 2 is 1.70 bits per heavy atom. The first-order valence-electron chi connectivity index (χ1n) is 9.92. The summed E-state index contributed by atoms with van der Waals surface area (Å²) in [6.07, 6.45) is 7.62. The maximum atomic E-state index is 12.9. The Bertz CT molecular complexity index is 757. The molecule has 0 unspecified atom stereocenters. The molecular weight excluding hydrogens is 338 g/mol. The van der Waals surface area contributed by atoms with Gasteiger partial charge >= 0.3 is 0 Å². The van der Waals surface area contributed by atoms with Gasteiger partial charge in [0.2, 0.25) is 0 Å². The molecule has 2 fully saturated rings. The van der Waals surface area contributed by atoms with Gasteiger partial charge in [-0.15, -0.1) is 0 Å². The Kier molecular flexibility index (Phi) is 5.39. The fraction of sp³-hybridized carbons (Fsp3) is 0.455. The van der Waals surface area contributed by atoms with Gasteiger partial charge in [0.15, 0.2) is 0 Å². The first-order chi connectivity index (χ1) is 13.2. The highest BCUT2D eigenvalue weighted by atomic mass is 16.3. The van der Waals surface area contributed by atoms with Crippen LogP contribution in [0.1, 0.15) is 35.2 Å². The van der Waals surface area contributed by atoms with Gasteiger partial charge in [-0.25, -0.2) is 0 Å². The van der Waals surface area contributed by atoms with Crippen molar-refractivity contribution < 1.29 is 9.90 Å². The van der Waals surface area contributed by atoms with Crippen molar-refractivity contribution in [1.29, 1.82) is 0 Å². The van der Waals surface area contributed by atoms with E-state index in [-0.39, 0.29) is 11.8 Å². The molecule has 0 spiro atoms.